The van der Waals surface area contributed by atoms with Crippen LogP contribution in [0.4, 0.5) is 0 Å². The van der Waals surface area contributed by atoms with E-state index >= 15 is 0 Å². The zero-order chi connectivity index (χ0) is 20.9. The van der Waals surface area contributed by atoms with Gasteiger partial charge in [0.1, 0.15) is 5.58 Å². The Morgan fingerprint density at radius 1 is 1.24 bits per heavy atom. The van der Waals surface area contributed by atoms with Gasteiger partial charge >= 0.3 is 0 Å². The van der Waals surface area contributed by atoms with Gasteiger partial charge in [-0.3, -0.25) is 9.59 Å². The molecule has 0 fully saturated rings. The average molecular weight is 391 g/mol. The van der Waals surface area contributed by atoms with Crippen LogP contribution in [0.1, 0.15) is 38.9 Å². The highest BCUT2D eigenvalue weighted by Gasteiger charge is 2.42. The van der Waals surface area contributed by atoms with Crippen molar-refractivity contribution >= 4 is 16.9 Å². The van der Waals surface area contributed by atoms with E-state index < -0.39 is 6.04 Å². The van der Waals surface area contributed by atoms with Crippen molar-refractivity contribution in [1.29, 1.82) is 0 Å². The third-order valence-electron chi connectivity index (χ3n) is 5.24. The van der Waals surface area contributed by atoms with Gasteiger partial charge in [-0.2, -0.15) is 0 Å². The Hall–Kier alpha value is -3.54. The SMILES string of the molecule is C=CCN1C(=O)c2oc3c(C)cc(C)cc3c(=O)c2[C@@H]1c1ccc(O)c(OC)c1. The molecular weight excluding hydrogens is 370 g/mol. The number of methoxy groups -OCH3 is 1. The van der Waals surface area contributed by atoms with E-state index in [2.05, 4.69) is 6.58 Å². The van der Waals surface area contributed by atoms with Crippen molar-refractivity contribution in [2.75, 3.05) is 13.7 Å². The summed E-state index contributed by atoms with van der Waals surface area (Å²) in [6.45, 7) is 7.74. The first-order chi connectivity index (χ1) is 13.9. The number of phenolic OH excluding ortho intramolecular Hbond substituents is 1. The maximum absolute atomic E-state index is 13.5. The van der Waals surface area contributed by atoms with Crippen LogP contribution >= 0.6 is 0 Å². The first-order valence-electron chi connectivity index (χ1n) is 9.24. The molecule has 29 heavy (non-hydrogen) atoms. The second kappa shape index (κ2) is 6.81. The van der Waals surface area contributed by atoms with E-state index in [1.807, 2.05) is 19.9 Å². The van der Waals surface area contributed by atoms with Crippen LogP contribution in [0, 0.1) is 13.8 Å². The highest BCUT2D eigenvalue weighted by Crippen LogP contribution is 2.40. The molecule has 3 aromatic rings. The van der Waals surface area contributed by atoms with E-state index in [1.165, 1.54) is 18.1 Å². The molecule has 1 aliphatic rings. The summed E-state index contributed by atoms with van der Waals surface area (Å²) < 4.78 is 11.2. The van der Waals surface area contributed by atoms with Crippen LogP contribution < -0.4 is 10.2 Å². The number of hydrogen-bond donors (Lipinski definition) is 1. The molecule has 1 atom stereocenters. The summed E-state index contributed by atoms with van der Waals surface area (Å²) in [6.07, 6.45) is 1.61. The van der Waals surface area contributed by atoms with Crippen LogP contribution in [-0.2, 0) is 0 Å². The molecule has 148 valence electrons. The lowest BCUT2D eigenvalue weighted by molar-refractivity contribution is 0.0748. The predicted octanol–water partition coefficient (Wildman–Crippen LogP) is 3.86. The Morgan fingerprint density at radius 2 is 2.00 bits per heavy atom. The fraction of sp³-hybridized carbons (Fsp3) is 0.217. The normalized spacial score (nSPS) is 15.6. The topological polar surface area (TPSA) is 80.0 Å². The molecule has 1 amide bonds. The molecule has 0 aliphatic carbocycles. The van der Waals surface area contributed by atoms with Gasteiger partial charge in [-0.05, 0) is 48.7 Å². The molecule has 1 N–H and O–H groups in total. The summed E-state index contributed by atoms with van der Waals surface area (Å²) >= 11 is 0. The van der Waals surface area contributed by atoms with E-state index in [-0.39, 0.29) is 35.1 Å². The van der Waals surface area contributed by atoms with Crippen LogP contribution in [0.5, 0.6) is 11.5 Å². The number of carbonyl (C=O) groups is 1. The van der Waals surface area contributed by atoms with Crippen molar-refractivity contribution in [3.05, 3.63) is 81.2 Å². The molecular formula is C23H21NO5. The van der Waals surface area contributed by atoms with Crippen LogP contribution in [0.15, 0.2) is 52.2 Å². The molecule has 2 heterocycles. The third-order valence-corrected chi connectivity index (χ3v) is 5.24. The molecule has 0 bridgehead atoms. The molecule has 0 radical (unpaired) electrons. The van der Waals surface area contributed by atoms with Crippen LogP contribution in [0.3, 0.4) is 0 Å². The first-order valence-corrected chi connectivity index (χ1v) is 9.24. The van der Waals surface area contributed by atoms with Gasteiger partial charge in [0.05, 0.1) is 24.1 Å². The van der Waals surface area contributed by atoms with Crippen LogP contribution in [0.25, 0.3) is 11.0 Å². The number of rotatable bonds is 4. The average Bonchev–Trinajstić information content (AvgIpc) is 2.96. The van der Waals surface area contributed by atoms with Gasteiger partial charge in [0.15, 0.2) is 16.9 Å². The van der Waals surface area contributed by atoms with Gasteiger partial charge in [-0.25, -0.2) is 0 Å². The molecule has 0 saturated carbocycles. The van der Waals surface area contributed by atoms with Crippen molar-refractivity contribution in [2.24, 2.45) is 0 Å². The minimum atomic E-state index is -0.661. The highest BCUT2D eigenvalue weighted by atomic mass is 16.5. The number of aromatic hydroxyl groups is 1. The lowest BCUT2D eigenvalue weighted by Gasteiger charge is -2.24. The maximum Gasteiger partial charge on any atom is 0.291 e. The van der Waals surface area contributed by atoms with Gasteiger partial charge in [0.25, 0.3) is 5.91 Å². The minimum absolute atomic E-state index is 0.0205. The standard InChI is InChI=1S/C23H21NO5/c1-5-8-24-19(14-6-7-16(25)17(11-14)28-4)18-20(26)15-10-12(2)9-13(3)21(15)29-22(18)23(24)27/h5-7,9-11,19,25H,1,8H2,2-4H3/t19-/m0/s1. The van der Waals surface area contributed by atoms with Crippen LogP contribution in [0.2, 0.25) is 0 Å². The van der Waals surface area contributed by atoms with Gasteiger partial charge in [0.2, 0.25) is 5.76 Å². The largest absolute Gasteiger partial charge is 0.504 e. The Balaban J connectivity index is 2.04. The number of phenols is 1. The summed E-state index contributed by atoms with van der Waals surface area (Å²) in [6, 6.07) is 7.83. The number of benzene rings is 2. The monoisotopic (exact) mass is 391 g/mol. The summed E-state index contributed by atoms with van der Waals surface area (Å²) in [7, 11) is 1.45. The Morgan fingerprint density at radius 3 is 2.69 bits per heavy atom. The van der Waals surface area contributed by atoms with Crippen molar-refractivity contribution in [2.45, 2.75) is 19.9 Å². The molecule has 0 spiro atoms. The van der Waals surface area contributed by atoms with Gasteiger partial charge < -0.3 is 19.2 Å². The summed E-state index contributed by atoms with van der Waals surface area (Å²) in [5.74, 6) is -0.0732. The Bertz CT molecular complexity index is 1220. The minimum Gasteiger partial charge on any atom is -0.504 e. The summed E-state index contributed by atoms with van der Waals surface area (Å²) in [4.78, 5) is 28.1. The zero-order valence-electron chi connectivity index (χ0n) is 16.5. The highest BCUT2D eigenvalue weighted by molar-refractivity contribution is 5.99. The van der Waals surface area contributed by atoms with Crippen molar-refractivity contribution < 1.29 is 19.1 Å². The zero-order valence-corrected chi connectivity index (χ0v) is 16.5. The Kier molecular flexibility index (Phi) is 4.42. The number of carbonyl (C=O) groups excluding carboxylic acids is 1. The van der Waals surface area contributed by atoms with Crippen molar-refractivity contribution in [3.63, 3.8) is 0 Å². The van der Waals surface area contributed by atoms with Crippen LogP contribution in [-0.4, -0.2) is 29.6 Å². The van der Waals surface area contributed by atoms with E-state index in [0.717, 1.165) is 11.1 Å². The van der Waals surface area contributed by atoms with E-state index in [0.29, 0.717) is 22.1 Å². The number of hydrogen-bond acceptors (Lipinski definition) is 5. The lowest BCUT2D eigenvalue weighted by Crippen LogP contribution is -2.29. The number of ether oxygens (including phenoxy) is 1. The summed E-state index contributed by atoms with van der Waals surface area (Å²) in [5.41, 5.74) is 2.88. The lowest BCUT2D eigenvalue weighted by atomic mass is 9.97. The number of nitrogens with zero attached hydrogens (tertiary/aromatic N) is 1. The third kappa shape index (κ3) is 2.79. The molecule has 2 aromatic carbocycles. The molecule has 4 rings (SSSR count). The van der Waals surface area contributed by atoms with Crippen molar-refractivity contribution in [1.82, 2.24) is 4.90 Å². The second-order valence-electron chi connectivity index (χ2n) is 7.21. The molecule has 0 saturated heterocycles. The van der Waals surface area contributed by atoms with E-state index in [4.69, 9.17) is 9.15 Å². The number of amides is 1. The summed E-state index contributed by atoms with van der Waals surface area (Å²) in [5, 5.41) is 10.4. The molecule has 0 unspecified atom stereocenters. The predicted molar refractivity (Wildman–Crippen MR) is 110 cm³/mol. The van der Waals surface area contributed by atoms with Crippen molar-refractivity contribution in [3.8, 4) is 11.5 Å². The Labute approximate surface area is 167 Å². The maximum atomic E-state index is 13.5. The van der Waals surface area contributed by atoms with Gasteiger partial charge in [-0.15, -0.1) is 6.58 Å². The number of fused-ring (bicyclic) bond motifs is 2. The van der Waals surface area contributed by atoms with E-state index in [9.17, 15) is 14.7 Å². The van der Waals surface area contributed by atoms with E-state index in [1.54, 1.807) is 24.3 Å². The fourth-order valence-electron chi connectivity index (χ4n) is 4.01. The second-order valence-corrected chi connectivity index (χ2v) is 7.21. The van der Waals surface area contributed by atoms with Gasteiger partial charge in [0, 0.05) is 6.54 Å². The number of aryl methyl sites for hydroxylation is 2. The first kappa shape index (κ1) is 18.8. The molecule has 6 heteroatoms. The smallest absolute Gasteiger partial charge is 0.291 e. The quantitative estimate of drug-likeness (QED) is 0.683. The fourth-order valence-corrected chi connectivity index (χ4v) is 4.01. The molecule has 6 nitrogen and oxygen atoms in total. The molecule has 1 aromatic heterocycles. The van der Waals surface area contributed by atoms with Gasteiger partial charge in [-0.1, -0.05) is 18.2 Å². The molecule has 1 aliphatic heterocycles.